The molecule has 3 heterocycles. The number of imidazole rings is 1. The molecular weight excluding hydrogens is 212 g/mol. The normalized spacial score (nSPS) is 11.2. The third-order valence-corrected chi connectivity index (χ3v) is 2.89. The van der Waals surface area contributed by atoms with E-state index >= 15 is 0 Å². The van der Waals surface area contributed by atoms with Gasteiger partial charge >= 0.3 is 0 Å². The molecule has 0 fully saturated rings. The highest BCUT2D eigenvalue weighted by molar-refractivity contribution is 5.64. The van der Waals surface area contributed by atoms with Crippen LogP contribution in [0.1, 0.15) is 11.3 Å². The van der Waals surface area contributed by atoms with Gasteiger partial charge in [-0.3, -0.25) is 4.68 Å². The van der Waals surface area contributed by atoms with Gasteiger partial charge in [-0.2, -0.15) is 5.10 Å². The van der Waals surface area contributed by atoms with Gasteiger partial charge < -0.3 is 4.40 Å². The fraction of sp³-hybridized carbons (Fsp3) is 0.231. The standard InChI is InChI=1S/C13H14N4/c1-9-4-5-13-14-12(8-17(13)6-9)11-7-16(3)15-10(11)2/h4-8H,1-3H3. The van der Waals surface area contributed by atoms with Gasteiger partial charge in [-0.15, -0.1) is 0 Å². The zero-order valence-corrected chi connectivity index (χ0v) is 10.2. The summed E-state index contributed by atoms with van der Waals surface area (Å²) in [5, 5.41) is 4.34. The third-order valence-electron chi connectivity index (χ3n) is 2.89. The molecule has 17 heavy (non-hydrogen) atoms. The molecule has 0 N–H and O–H groups in total. The van der Waals surface area contributed by atoms with Crippen molar-refractivity contribution in [1.29, 1.82) is 0 Å². The molecule has 0 radical (unpaired) electrons. The van der Waals surface area contributed by atoms with E-state index in [-0.39, 0.29) is 0 Å². The van der Waals surface area contributed by atoms with Gasteiger partial charge in [0.25, 0.3) is 0 Å². The highest BCUT2D eigenvalue weighted by Crippen LogP contribution is 2.21. The molecule has 0 aliphatic carbocycles. The molecule has 0 aliphatic rings. The van der Waals surface area contributed by atoms with Crippen molar-refractivity contribution in [3.8, 4) is 11.3 Å². The van der Waals surface area contributed by atoms with Gasteiger partial charge in [-0.05, 0) is 25.5 Å². The maximum atomic E-state index is 4.61. The number of aryl methyl sites for hydroxylation is 3. The molecule has 0 spiro atoms. The summed E-state index contributed by atoms with van der Waals surface area (Å²) >= 11 is 0. The van der Waals surface area contributed by atoms with Crippen LogP contribution in [0.25, 0.3) is 16.9 Å². The average molecular weight is 226 g/mol. The van der Waals surface area contributed by atoms with E-state index in [1.165, 1.54) is 5.56 Å². The van der Waals surface area contributed by atoms with Gasteiger partial charge in [0.05, 0.1) is 11.4 Å². The van der Waals surface area contributed by atoms with Gasteiger partial charge in [0.2, 0.25) is 0 Å². The predicted octanol–water partition coefficient (Wildman–Crippen LogP) is 2.35. The van der Waals surface area contributed by atoms with Crippen molar-refractivity contribution < 1.29 is 0 Å². The summed E-state index contributed by atoms with van der Waals surface area (Å²) < 4.78 is 3.87. The zero-order chi connectivity index (χ0) is 12.0. The van der Waals surface area contributed by atoms with Crippen LogP contribution in [0.3, 0.4) is 0 Å². The number of rotatable bonds is 1. The van der Waals surface area contributed by atoms with Gasteiger partial charge in [0.1, 0.15) is 5.65 Å². The third kappa shape index (κ3) is 1.62. The van der Waals surface area contributed by atoms with Crippen LogP contribution in [-0.4, -0.2) is 19.2 Å². The first-order chi connectivity index (χ1) is 8.13. The summed E-state index contributed by atoms with van der Waals surface area (Å²) in [7, 11) is 1.93. The number of fused-ring (bicyclic) bond motifs is 1. The molecule has 0 aliphatic heterocycles. The topological polar surface area (TPSA) is 35.1 Å². The summed E-state index contributed by atoms with van der Waals surface area (Å²) in [6.45, 7) is 4.08. The lowest BCUT2D eigenvalue weighted by molar-refractivity contribution is 0.756. The minimum absolute atomic E-state index is 0.967. The van der Waals surface area contributed by atoms with Crippen molar-refractivity contribution in [2.45, 2.75) is 13.8 Å². The lowest BCUT2D eigenvalue weighted by Crippen LogP contribution is -1.86. The first kappa shape index (κ1) is 10.1. The van der Waals surface area contributed by atoms with E-state index in [1.807, 2.05) is 37.1 Å². The Morgan fingerprint density at radius 3 is 2.59 bits per heavy atom. The Morgan fingerprint density at radius 2 is 1.88 bits per heavy atom. The smallest absolute Gasteiger partial charge is 0.137 e. The van der Waals surface area contributed by atoms with Crippen molar-refractivity contribution >= 4 is 5.65 Å². The molecule has 3 aromatic rings. The van der Waals surface area contributed by atoms with E-state index in [0.29, 0.717) is 0 Å². The second kappa shape index (κ2) is 3.45. The van der Waals surface area contributed by atoms with Crippen molar-refractivity contribution in [2.75, 3.05) is 0 Å². The second-order valence-electron chi connectivity index (χ2n) is 4.40. The Kier molecular flexibility index (Phi) is 2.04. The number of hydrogen-bond acceptors (Lipinski definition) is 2. The Hall–Kier alpha value is -2.10. The zero-order valence-electron chi connectivity index (χ0n) is 10.2. The van der Waals surface area contributed by atoms with E-state index in [2.05, 4.69) is 33.7 Å². The molecule has 0 aromatic carbocycles. The van der Waals surface area contributed by atoms with Crippen LogP contribution in [0.2, 0.25) is 0 Å². The lowest BCUT2D eigenvalue weighted by atomic mass is 10.2. The highest BCUT2D eigenvalue weighted by atomic mass is 15.2. The average Bonchev–Trinajstić information content (AvgIpc) is 2.80. The molecule has 0 saturated carbocycles. The molecular formula is C13H14N4. The highest BCUT2D eigenvalue weighted by Gasteiger charge is 2.09. The molecule has 4 heteroatoms. The molecule has 0 unspecified atom stereocenters. The second-order valence-corrected chi connectivity index (χ2v) is 4.40. The number of pyridine rings is 1. The van der Waals surface area contributed by atoms with Crippen LogP contribution < -0.4 is 0 Å². The molecule has 0 bridgehead atoms. The molecule has 4 nitrogen and oxygen atoms in total. The van der Waals surface area contributed by atoms with Gasteiger partial charge in [-0.25, -0.2) is 4.98 Å². The summed E-state index contributed by atoms with van der Waals surface area (Å²) in [5.41, 5.74) is 5.26. The number of aromatic nitrogens is 4. The SMILES string of the molecule is Cc1ccc2nc(-c3cn(C)nc3C)cn2c1. The van der Waals surface area contributed by atoms with Crippen molar-refractivity contribution in [3.63, 3.8) is 0 Å². The summed E-state index contributed by atoms with van der Waals surface area (Å²) in [6, 6.07) is 4.10. The molecule has 0 saturated heterocycles. The summed E-state index contributed by atoms with van der Waals surface area (Å²) in [4.78, 5) is 4.61. The Balaban J connectivity index is 2.21. The van der Waals surface area contributed by atoms with Crippen LogP contribution in [-0.2, 0) is 7.05 Å². The van der Waals surface area contributed by atoms with Crippen LogP contribution in [0.4, 0.5) is 0 Å². The van der Waals surface area contributed by atoms with Crippen molar-refractivity contribution in [2.24, 2.45) is 7.05 Å². The van der Waals surface area contributed by atoms with Crippen molar-refractivity contribution in [1.82, 2.24) is 19.2 Å². The van der Waals surface area contributed by atoms with E-state index in [1.54, 1.807) is 0 Å². The fourth-order valence-corrected chi connectivity index (χ4v) is 2.08. The van der Waals surface area contributed by atoms with Gasteiger partial charge in [0.15, 0.2) is 0 Å². The molecule has 86 valence electrons. The van der Waals surface area contributed by atoms with Crippen LogP contribution in [0, 0.1) is 13.8 Å². The minimum Gasteiger partial charge on any atom is -0.306 e. The minimum atomic E-state index is 0.967. The Bertz CT molecular complexity index is 691. The van der Waals surface area contributed by atoms with E-state index < -0.39 is 0 Å². The van der Waals surface area contributed by atoms with E-state index in [0.717, 1.165) is 22.6 Å². The molecule has 3 aromatic heterocycles. The van der Waals surface area contributed by atoms with Crippen LogP contribution in [0.15, 0.2) is 30.7 Å². The van der Waals surface area contributed by atoms with Gasteiger partial charge in [-0.1, -0.05) is 6.07 Å². The molecule has 0 amide bonds. The van der Waals surface area contributed by atoms with E-state index in [9.17, 15) is 0 Å². The Labute approximate surface area is 99.5 Å². The maximum absolute atomic E-state index is 4.61. The lowest BCUT2D eigenvalue weighted by Gasteiger charge is -1.93. The summed E-state index contributed by atoms with van der Waals surface area (Å²) in [5.74, 6) is 0. The summed E-state index contributed by atoms with van der Waals surface area (Å²) in [6.07, 6.45) is 6.13. The quantitative estimate of drug-likeness (QED) is 0.638. The molecule has 0 atom stereocenters. The van der Waals surface area contributed by atoms with Crippen molar-refractivity contribution in [3.05, 3.63) is 42.0 Å². The Morgan fingerprint density at radius 1 is 1.06 bits per heavy atom. The maximum Gasteiger partial charge on any atom is 0.137 e. The monoisotopic (exact) mass is 226 g/mol. The largest absolute Gasteiger partial charge is 0.306 e. The van der Waals surface area contributed by atoms with E-state index in [4.69, 9.17) is 0 Å². The first-order valence-electron chi connectivity index (χ1n) is 5.59. The molecule has 3 rings (SSSR count). The van der Waals surface area contributed by atoms with Gasteiger partial charge in [0, 0.05) is 31.2 Å². The van der Waals surface area contributed by atoms with Crippen LogP contribution in [0.5, 0.6) is 0 Å². The first-order valence-corrected chi connectivity index (χ1v) is 5.59. The predicted molar refractivity (Wildman–Crippen MR) is 66.9 cm³/mol. The van der Waals surface area contributed by atoms with Crippen LogP contribution >= 0.6 is 0 Å². The fourth-order valence-electron chi connectivity index (χ4n) is 2.08. The number of nitrogens with zero attached hydrogens (tertiary/aromatic N) is 4. The number of hydrogen-bond donors (Lipinski definition) is 0.